The lowest BCUT2D eigenvalue weighted by molar-refractivity contribution is 0.0320. The third kappa shape index (κ3) is 5.75. The molecule has 2 saturated heterocycles. The Bertz CT molecular complexity index is 633. The van der Waals surface area contributed by atoms with E-state index in [1.54, 1.807) is 7.11 Å². The molecule has 2 N–H and O–H groups in total. The van der Waals surface area contributed by atoms with Crippen LogP contribution in [0.4, 0.5) is 5.69 Å². The number of para-hydroxylation sites is 2. The monoisotopic (exact) mass is 389 g/mol. The molecule has 2 aliphatic heterocycles. The van der Waals surface area contributed by atoms with Gasteiger partial charge in [-0.05, 0) is 24.5 Å². The summed E-state index contributed by atoms with van der Waals surface area (Å²) in [5, 5.41) is 7.09. The molecular weight excluding hydrogens is 354 g/mol. The number of nitrogens with one attached hydrogen (secondary N) is 2. The Kier molecular flexibility index (Phi) is 7.80. The van der Waals surface area contributed by atoms with Crippen LogP contribution >= 0.6 is 0 Å². The van der Waals surface area contributed by atoms with Crippen molar-refractivity contribution < 1.29 is 9.47 Å². The Hall–Kier alpha value is -1.99. The van der Waals surface area contributed by atoms with E-state index in [1.807, 2.05) is 19.2 Å². The lowest BCUT2D eigenvalue weighted by Gasteiger charge is -2.29. The van der Waals surface area contributed by atoms with E-state index < -0.39 is 0 Å². The molecule has 0 aromatic heterocycles. The first-order chi connectivity index (χ1) is 13.7. The van der Waals surface area contributed by atoms with Gasteiger partial charge in [-0.1, -0.05) is 19.1 Å². The summed E-state index contributed by atoms with van der Waals surface area (Å²) in [7, 11) is 3.57. The van der Waals surface area contributed by atoms with Crippen molar-refractivity contribution in [3.63, 3.8) is 0 Å². The van der Waals surface area contributed by atoms with Gasteiger partial charge >= 0.3 is 0 Å². The highest BCUT2D eigenvalue weighted by Crippen LogP contribution is 2.30. The Balaban J connectivity index is 1.43. The van der Waals surface area contributed by atoms with Crippen LogP contribution in [0.3, 0.4) is 0 Å². The summed E-state index contributed by atoms with van der Waals surface area (Å²) in [5.74, 6) is 2.38. The van der Waals surface area contributed by atoms with Crippen LogP contribution in [0.15, 0.2) is 29.3 Å². The molecule has 156 valence electrons. The number of nitrogens with zero attached hydrogens (tertiary/aromatic N) is 3. The number of guanidine groups is 1. The number of hydrogen-bond acceptors (Lipinski definition) is 5. The van der Waals surface area contributed by atoms with Crippen molar-refractivity contribution >= 4 is 11.6 Å². The number of hydrogen-bond donors (Lipinski definition) is 2. The van der Waals surface area contributed by atoms with Crippen LogP contribution in [-0.4, -0.2) is 83.5 Å². The quantitative estimate of drug-likeness (QED) is 0.543. The second-order valence-corrected chi connectivity index (χ2v) is 7.72. The summed E-state index contributed by atoms with van der Waals surface area (Å²) in [5.41, 5.74) is 1.16. The highest BCUT2D eigenvalue weighted by molar-refractivity contribution is 5.80. The van der Waals surface area contributed by atoms with Gasteiger partial charge in [0, 0.05) is 52.4 Å². The molecule has 3 rings (SSSR count). The van der Waals surface area contributed by atoms with E-state index >= 15 is 0 Å². The highest BCUT2D eigenvalue weighted by atomic mass is 16.5. The number of rotatable bonds is 7. The normalized spacial score (nSPS) is 22.2. The Morgan fingerprint density at radius 3 is 2.82 bits per heavy atom. The van der Waals surface area contributed by atoms with E-state index in [4.69, 9.17) is 9.47 Å². The van der Waals surface area contributed by atoms with Crippen LogP contribution in [0.2, 0.25) is 0 Å². The molecule has 28 heavy (non-hydrogen) atoms. The Labute approximate surface area is 169 Å². The smallest absolute Gasteiger partial charge is 0.191 e. The van der Waals surface area contributed by atoms with Crippen molar-refractivity contribution in [2.75, 3.05) is 71.5 Å². The van der Waals surface area contributed by atoms with Gasteiger partial charge in [-0.25, -0.2) is 0 Å². The van der Waals surface area contributed by atoms with E-state index in [1.165, 1.54) is 0 Å². The van der Waals surface area contributed by atoms with Gasteiger partial charge in [0.15, 0.2) is 5.96 Å². The fourth-order valence-corrected chi connectivity index (χ4v) is 3.94. The number of ether oxygens (including phenoxy) is 2. The number of anilines is 1. The van der Waals surface area contributed by atoms with Gasteiger partial charge in [-0.2, -0.15) is 0 Å². The third-order valence-corrected chi connectivity index (χ3v) is 5.47. The first-order valence-electron chi connectivity index (χ1n) is 10.3. The standard InChI is InChI=1S/C21H35N5O2/c1-17(15-25-10-12-28-13-11-25)14-23-21(22-2)24-18-8-9-26(16-18)19-6-4-5-7-20(19)27-3/h4-7,17-18H,8-16H2,1-3H3,(H2,22,23,24). The minimum Gasteiger partial charge on any atom is -0.495 e. The summed E-state index contributed by atoms with van der Waals surface area (Å²) in [6.45, 7) is 10.1. The lowest BCUT2D eigenvalue weighted by Crippen LogP contribution is -2.47. The van der Waals surface area contributed by atoms with Gasteiger partial charge in [0.25, 0.3) is 0 Å². The van der Waals surface area contributed by atoms with E-state index in [0.717, 1.165) is 76.3 Å². The number of aliphatic imine (C=N–C) groups is 1. The molecular formula is C21H35N5O2. The van der Waals surface area contributed by atoms with E-state index in [-0.39, 0.29) is 0 Å². The van der Waals surface area contributed by atoms with Crippen molar-refractivity contribution in [2.24, 2.45) is 10.9 Å². The Morgan fingerprint density at radius 1 is 1.29 bits per heavy atom. The largest absolute Gasteiger partial charge is 0.495 e. The molecule has 2 fully saturated rings. The summed E-state index contributed by atoms with van der Waals surface area (Å²) >= 11 is 0. The van der Waals surface area contributed by atoms with Crippen LogP contribution in [0.25, 0.3) is 0 Å². The second kappa shape index (κ2) is 10.5. The summed E-state index contributed by atoms with van der Waals surface area (Å²) < 4.78 is 10.9. The molecule has 2 unspecified atom stereocenters. The zero-order valence-electron chi connectivity index (χ0n) is 17.5. The van der Waals surface area contributed by atoms with Crippen LogP contribution in [0.1, 0.15) is 13.3 Å². The van der Waals surface area contributed by atoms with Crippen LogP contribution < -0.4 is 20.3 Å². The van der Waals surface area contributed by atoms with E-state index in [0.29, 0.717) is 12.0 Å². The molecule has 0 spiro atoms. The van der Waals surface area contributed by atoms with E-state index in [9.17, 15) is 0 Å². The fourth-order valence-electron chi connectivity index (χ4n) is 3.94. The minimum atomic E-state index is 0.380. The number of methoxy groups -OCH3 is 1. The summed E-state index contributed by atoms with van der Waals surface area (Å²) in [6, 6.07) is 8.60. The topological polar surface area (TPSA) is 61.4 Å². The van der Waals surface area contributed by atoms with Crippen LogP contribution in [0.5, 0.6) is 5.75 Å². The molecule has 0 saturated carbocycles. The molecule has 0 amide bonds. The van der Waals surface area contributed by atoms with Crippen LogP contribution in [-0.2, 0) is 4.74 Å². The first kappa shape index (κ1) is 20.7. The predicted octanol–water partition coefficient (Wildman–Crippen LogP) is 1.41. The van der Waals surface area contributed by atoms with Gasteiger partial charge in [-0.15, -0.1) is 0 Å². The zero-order chi connectivity index (χ0) is 19.8. The van der Waals surface area contributed by atoms with Crippen molar-refractivity contribution in [2.45, 2.75) is 19.4 Å². The zero-order valence-corrected chi connectivity index (χ0v) is 17.5. The molecule has 1 aromatic rings. The van der Waals surface area contributed by atoms with E-state index in [2.05, 4.69) is 44.5 Å². The van der Waals surface area contributed by atoms with Gasteiger partial charge in [-0.3, -0.25) is 9.89 Å². The molecule has 2 atom stereocenters. The maximum absolute atomic E-state index is 5.51. The maximum atomic E-state index is 5.51. The summed E-state index contributed by atoms with van der Waals surface area (Å²) in [4.78, 5) is 9.28. The minimum absolute atomic E-state index is 0.380. The molecule has 0 bridgehead atoms. The van der Waals surface area contributed by atoms with Gasteiger partial charge < -0.3 is 25.0 Å². The van der Waals surface area contributed by atoms with Gasteiger partial charge in [0.05, 0.1) is 26.0 Å². The molecule has 7 heteroatoms. The first-order valence-corrected chi connectivity index (χ1v) is 10.3. The Morgan fingerprint density at radius 2 is 2.07 bits per heavy atom. The van der Waals surface area contributed by atoms with Crippen molar-refractivity contribution in [1.29, 1.82) is 0 Å². The highest BCUT2D eigenvalue weighted by Gasteiger charge is 2.25. The van der Waals surface area contributed by atoms with Crippen molar-refractivity contribution in [1.82, 2.24) is 15.5 Å². The van der Waals surface area contributed by atoms with Crippen molar-refractivity contribution in [3.05, 3.63) is 24.3 Å². The molecule has 0 aliphatic carbocycles. The van der Waals surface area contributed by atoms with Crippen molar-refractivity contribution in [3.8, 4) is 5.75 Å². The third-order valence-electron chi connectivity index (χ3n) is 5.47. The number of benzene rings is 1. The van der Waals surface area contributed by atoms with Gasteiger partial charge in [0.1, 0.15) is 5.75 Å². The molecule has 1 aromatic carbocycles. The van der Waals surface area contributed by atoms with Gasteiger partial charge in [0.2, 0.25) is 0 Å². The fraction of sp³-hybridized carbons (Fsp3) is 0.667. The molecule has 2 aliphatic rings. The maximum Gasteiger partial charge on any atom is 0.191 e. The lowest BCUT2D eigenvalue weighted by atomic mass is 10.1. The SMILES string of the molecule is CN=C(NCC(C)CN1CCOCC1)NC1CCN(c2ccccc2OC)C1. The predicted molar refractivity (Wildman–Crippen MR) is 115 cm³/mol. The molecule has 7 nitrogen and oxygen atoms in total. The average molecular weight is 390 g/mol. The molecule has 2 heterocycles. The number of morpholine rings is 1. The summed E-state index contributed by atoms with van der Waals surface area (Å²) in [6.07, 6.45) is 1.09. The molecule has 0 radical (unpaired) electrons. The van der Waals surface area contributed by atoms with Crippen LogP contribution in [0, 0.1) is 5.92 Å². The average Bonchev–Trinajstić information content (AvgIpc) is 3.20. The second-order valence-electron chi connectivity index (χ2n) is 7.72.